The van der Waals surface area contributed by atoms with E-state index in [0.717, 1.165) is 50.7 Å². The van der Waals surface area contributed by atoms with E-state index in [0.29, 0.717) is 0 Å². The minimum atomic E-state index is -4.44. The van der Waals surface area contributed by atoms with Gasteiger partial charge in [-0.1, -0.05) is 25.7 Å². The second-order valence-electron chi connectivity index (χ2n) is 6.55. The number of amides is 1. The summed E-state index contributed by atoms with van der Waals surface area (Å²) in [6, 6.07) is 4.23. The van der Waals surface area contributed by atoms with Crippen molar-refractivity contribution in [3.8, 4) is 0 Å². The van der Waals surface area contributed by atoms with Crippen LogP contribution in [0.15, 0.2) is 24.3 Å². The maximum Gasteiger partial charge on any atom is 0.416 e. The largest absolute Gasteiger partial charge is 0.469 e. The van der Waals surface area contributed by atoms with E-state index >= 15 is 0 Å². The Balaban J connectivity index is 2.19. The maximum atomic E-state index is 12.9. The number of esters is 1. The highest BCUT2D eigenvalue weighted by atomic mass is 19.4. The molecule has 0 bridgehead atoms. The van der Waals surface area contributed by atoms with Crippen molar-refractivity contribution in [1.82, 2.24) is 4.90 Å². The zero-order valence-electron chi connectivity index (χ0n) is 14.8. The average Bonchev–Trinajstić information content (AvgIpc) is 2.90. The third kappa shape index (κ3) is 5.47. The molecule has 0 unspecified atom stereocenters. The van der Waals surface area contributed by atoms with Gasteiger partial charge in [0.05, 0.1) is 19.1 Å². The van der Waals surface area contributed by atoms with Crippen molar-refractivity contribution < 1.29 is 27.5 Å². The Bertz CT molecular complexity index is 605. The fourth-order valence-corrected chi connectivity index (χ4v) is 3.30. The van der Waals surface area contributed by atoms with Crippen molar-refractivity contribution in [2.24, 2.45) is 0 Å². The second kappa shape index (κ2) is 9.05. The number of carbonyl (C=O) groups is 2. The van der Waals surface area contributed by atoms with Gasteiger partial charge in [0, 0.05) is 18.2 Å². The number of benzene rings is 1. The van der Waals surface area contributed by atoms with E-state index in [9.17, 15) is 22.8 Å². The van der Waals surface area contributed by atoms with Gasteiger partial charge in [0.1, 0.15) is 0 Å². The fourth-order valence-electron chi connectivity index (χ4n) is 3.30. The summed E-state index contributed by atoms with van der Waals surface area (Å²) < 4.78 is 42.8. The molecule has 7 heteroatoms. The van der Waals surface area contributed by atoms with Crippen LogP contribution in [-0.2, 0) is 15.7 Å². The quantitative estimate of drug-likeness (QED) is 0.568. The molecule has 2 rings (SSSR count). The summed E-state index contributed by atoms with van der Waals surface area (Å²) in [5.74, 6) is -0.752. The maximum absolute atomic E-state index is 12.9. The van der Waals surface area contributed by atoms with Crippen molar-refractivity contribution in [3.05, 3.63) is 35.4 Å². The molecule has 1 aliphatic rings. The number of hydrogen-bond donors (Lipinski definition) is 0. The number of nitrogens with zero attached hydrogens (tertiary/aromatic N) is 1. The molecule has 1 aromatic rings. The minimum Gasteiger partial charge on any atom is -0.469 e. The standard InChI is InChI=1S/C19H24F3NO3/c1-26-17(24)12-13-23(16-6-4-2-3-5-7-16)18(25)14-8-10-15(11-9-14)19(20,21)22/h8-11,16H,2-7,12-13H2,1H3. The van der Waals surface area contributed by atoms with Crippen LogP contribution < -0.4 is 0 Å². The monoisotopic (exact) mass is 371 g/mol. The van der Waals surface area contributed by atoms with Crippen molar-refractivity contribution in [2.75, 3.05) is 13.7 Å². The molecule has 0 saturated heterocycles. The number of carbonyl (C=O) groups excluding carboxylic acids is 2. The molecule has 4 nitrogen and oxygen atoms in total. The van der Waals surface area contributed by atoms with Crippen LogP contribution in [0.4, 0.5) is 13.2 Å². The zero-order chi connectivity index (χ0) is 19.2. The molecule has 144 valence electrons. The van der Waals surface area contributed by atoms with Crippen molar-refractivity contribution in [2.45, 2.75) is 57.2 Å². The van der Waals surface area contributed by atoms with Gasteiger partial charge in [-0.15, -0.1) is 0 Å². The summed E-state index contributed by atoms with van der Waals surface area (Å²) >= 11 is 0. The predicted octanol–water partition coefficient (Wildman–Crippen LogP) is 4.43. The Hall–Kier alpha value is -2.05. The minimum absolute atomic E-state index is 0.00283. The van der Waals surface area contributed by atoms with E-state index in [2.05, 4.69) is 4.74 Å². The molecule has 26 heavy (non-hydrogen) atoms. The number of ether oxygens (including phenoxy) is 1. The molecule has 0 aliphatic heterocycles. The molecule has 0 heterocycles. The van der Waals surface area contributed by atoms with Gasteiger partial charge >= 0.3 is 12.1 Å². The topological polar surface area (TPSA) is 46.6 Å². The lowest BCUT2D eigenvalue weighted by Gasteiger charge is -2.31. The van der Waals surface area contributed by atoms with Gasteiger partial charge in [-0.05, 0) is 37.1 Å². The van der Waals surface area contributed by atoms with E-state index in [1.807, 2.05) is 0 Å². The van der Waals surface area contributed by atoms with Crippen molar-refractivity contribution in [3.63, 3.8) is 0 Å². The fraction of sp³-hybridized carbons (Fsp3) is 0.579. The normalized spacial score (nSPS) is 16.0. The van der Waals surface area contributed by atoms with Crippen LogP contribution in [0.3, 0.4) is 0 Å². The van der Waals surface area contributed by atoms with Crippen LogP contribution in [0.5, 0.6) is 0 Å². The summed E-state index contributed by atoms with van der Waals surface area (Å²) in [5.41, 5.74) is -0.586. The van der Waals surface area contributed by atoms with Gasteiger partial charge in [0.25, 0.3) is 5.91 Å². The smallest absolute Gasteiger partial charge is 0.416 e. The molecular formula is C19H24F3NO3. The molecular weight excluding hydrogens is 347 g/mol. The Morgan fingerprint density at radius 3 is 2.15 bits per heavy atom. The van der Waals surface area contributed by atoms with Crippen molar-refractivity contribution >= 4 is 11.9 Å². The molecule has 0 aromatic heterocycles. The van der Waals surface area contributed by atoms with E-state index in [1.54, 1.807) is 4.90 Å². The SMILES string of the molecule is COC(=O)CCN(C(=O)c1ccc(C(F)(F)F)cc1)C1CCCCCC1. The summed E-state index contributed by atoms with van der Waals surface area (Å²) in [4.78, 5) is 26.0. The number of hydrogen-bond acceptors (Lipinski definition) is 3. The van der Waals surface area contributed by atoms with Crippen LogP contribution in [0, 0.1) is 0 Å². The van der Waals surface area contributed by atoms with Crippen LogP contribution in [0.25, 0.3) is 0 Å². The van der Waals surface area contributed by atoms with Gasteiger partial charge in [-0.25, -0.2) is 0 Å². The first-order valence-electron chi connectivity index (χ1n) is 8.88. The van der Waals surface area contributed by atoms with E-state index in [4.69, 9.17) is 0 Å². The molecule has 1 amide bonds. The highest BCUT2D eigenvalue weighted by Gasteiger charge is 2.31. The molecule has 0 spiro atoms. The summed E-state index contributed by atoms with van der Waals surface area (Å²) in [6.07, 6.45) is 1.53. The highest BCUT2D eigenvalue weighted by molar-refractivity contribution is 5.94. The Labute approximate surface area is 151 Å². The van der Waals surface area contributed by atoms with E-state index in [-0.39, 0.29) is 30.5 Å². The Morgan fingerprint density at radius 2 is 1.65 bits per heavy atom. The Morgan fingerprint density at radius 1 is 1.08 bits per heavy atom. The molecule has 0 N–H and O–H groups in total. The second-order valence-corrected chi connectivity index (χ2v) is 6.55. The van der Waals surface area contributed by atoms with Crippen molar-refractivity contribution in [1.29, 1.82) is 0 Å². The lowest BCUT2D eigenvalue weighted by atomic mass is 10.0. The summed E-state index contributed by atoms with van der Waals surface area (Å²) in [6.45, 7) is 0.206. The number of rotatable bonds is 5. The van der Waals surface area contributed by atoms with Gasteiger partial charge in [0.2, 0.25) is 0 Å². The van der Waals surface area contributed by atoms with Crippen LogP contribution in [0.1, 0.15) is 60.9 Å². The highest BCUT2D eigenvalue weighted by Crippen LogP contribution is 2.30. The van der Waals surface area contributed by atoms with E-state index < -0.39 is 17.7 Å². The first-order chi connectivity index (χ1) is 12.3. The molecule has 1 fully saturated rings. The van der Waals surface area contributed by atoms with Gasteiger partial charge in [-0.3, -0.25) is 9.59 Å². The molecule has 1 aromatic carbocycles. The van der Waals surface area contributed by atoms with Gasteiger partial charge in [-0.2, -0.15) is 13.2 Å². The third-order valence-electron chi connectivity index (χ3n) is 4.77. The molecule has 1 saturated carbocycles. The average molecular weight is 371 g/mol. The summed E-state index contributed by atoms with van der Waals surface area (Å²) in [7, 11) is 1.29. The first-order valence-corrected chi connectivity index (χ1v) is 8.88. The van der Waals surface area contributed by atoms with Crippen LogP contribution >= 0.6 is 0 Å². The van der Waals surface area contributed by atoms with Gasteiger partial charge in [0.15, 0.2) is 0 Å². The lowest BCUT2D eigenvalue weighted by Crippen LogP contribution is -2.41. The zero-order valence-corrected chi connectivity index (χ0v) is 14.8. The Kier molecular flexibility index (Phi) is 7.06. The number of alkyl halides is 3. The number of methoxy groups -OCH3 is 1. The van der Waals surface area contributed by atoms with Crippen LogP contribution in [-0.4, -0.2) is 36.5 Å². The van der Waals surface area contributed by atoms with E-state index in [1.165, 1.54) is 19.2 Å². The first kappa shape index (κ1) is 20.3. The third-order valence-corrected chi connectivity index (χ3v) is 4.77. The van der Waals surface area contributed by atoms with Gasteiger partial charge < -0.3 is 9.64 Å². The van der Waals surface area contributed by atoms with Crippen LogP contribution in [0.2, 0.25) is 0 Å². The molecule has 0 radical (unpaired) electrons. The summed E-state index contributed by atoms with van der Waals surface area (Å²) in [5, 5.41) is 0. The lowest BCUT2D eigenvalue weighted by molar-refractivity contribution is -0.141. The molecule has 0 atom stereocenters. The molecule has 1 aliphatic carbocycles. The number of halogens is 3. The predicted molar refractivity (Wildman–Crippen MR) is 90.6 cm³/mol.